The van der Waals surface area contributed by atoms with E-state index < -0.39 is 12.1 Å². The van der Waals surface area contributed by atoms with Crippen LogP contribution >= 0.6 is 0 Å². The van der Waals surface area contributed by atoms with Crippen LogP contribution in [0.25, 0.3) is 0 Å². The van der Waals surface area contributed by atoms with Crippen molar-refractivity contribution in [2.24, 2.45) is 5.92 Å². The van der Waals surface area contributed by atoms with E-state index in [0.717, 1.165) is 11.1 Å². The first kappa shape index (κ1) is 15.5. The number of nitrogens with zero attached hydrogens (tertiary/aromatic N) is 1. The monoisotopic (exact) mass is 292 g/mol. The van der Waals surface area contributed by atoms with E-state index >= 15 is 0 Å². The van der Waals surface area contributed by atoms with Gasteiger partial charge in [-0.1, -0.05) is 19.9 Å². The van der Waals surface area contributed by atoms with Gasteiger partial charge < -0.3 is 10.2 Å². The van der Waals surface area contributed by atoms with Gasteiger partial charge in [0.05, 0.1) is 0 Å². The Morgan fingerprint density at radius 2 is 2.00 bits per heavy atom. The summed E-state index contributed by atoms with van der Waals surface area (Å²) in [5.41, 5.74) is 1.64. The van der Waals surface area contributed by atoms with E-state index in [-0.39, 0.29) is 23.5 Å². The number of hydrogen-bond donors (Lipinski definition) is 1. The molecule has 114 valence electrons. The van der Waals surface area contributed by atoms with E-state index in [9.17, 15) is 14.0 Å². The molecule has 21 heavy (non-hydrogen) atoms. The predicted molar refractivity (Wildman–Crippen MR) is 77.9 cm³/mol. The predicted octanol–water partition coefficient (Wildman–Crippen LogP) is 2.01. The number of piperazine rings is 1. The normalized spacial score (nSPS) is 22.7. The average molecular weight is 292 g/mol. The molecule has 2 unspecified atom stereocenters. The fraction of sp³-hybridized carbons (Fsp3) is 0.500. The molecule has 0 spiro atoms. The summed E-state index contributed by atoms with van der Waals surface area (Å²) in [6.07, 6.45) is 0. The second-order valence-corrected chi connectivity index (χ2v) is 5.94. The number of rotatable bonds is 3. The first-order valence-corrected chi connectivity index (χ1v) is 7.17. The molecule has 4 nitrogen and oxygen atoms in total. The molecule has 1 aromatic rings. The van der Waals surface area contributed by atoms with Gasteiger partial charge in [0.2, 0.25) is 11.8 Å². The molecule has 0 aromatic heterocycles. The fourth-order valence-corrected chi connectivity index (χ4v) is 2.53. The van der Waals surface area contributed by atoms with E-state index in [1.54, 1.807) is 24.8 Å². The lowest BCUT2D eigenvalue weighted by atomic mass is 9.97. The van der Waals surface area contributed by atoms with Gasteiger partial charge in [0.25, 0.3) is 0 Å². The molecule has 1 fully saturated rings. The molecular formula is C16H21FN2O2. The van der Waals surface area contributed by atoms with Crippen molar-refractivity contribution >= 4 is 11.8 Å². The number of benzene rings is 1. The van der Waals surface area contributed by atoms with Gasteiger partial charge in [-0.3, -0.25) is 9.59 Å². The lowest BCUT2D eigenvalue weighted by Crippen LogP contribution is -2.63. The van der Waals surface area contributed by atoms with Crippen molar-refractivity contribution in [3.63, 3.8) is 0 Å². The largest absolute Gasteiger partial charge is 0.342 e. The van der Waals surface area contributed by atoms with Gasteiger partial charge in [-0.2, -0.15) is 0 Å². The molecule has 1 aliphatic heterocycles. The fourth-order valence-electron chi connectivity index (χ4n) is 2.53. The number of carbonyl (C=O) groups excluding carboxylic acids is 2. The van der Waals surface area contributed by atoms with Gasteiger partial charge in [0.1, 0.15) is 17.9 Å². The molecule has 1 saturated heterocycles. The van der Waals surface area contributed by atoms with Crippen LogP contribution in [-0.4, -0.2) is 28.8 Å². The highest BCUT2D eigenvalue weighted by Crippen LogP contribution is 2.20. The molecule has 0 radical (unpaired) electrons. The second-order valence-electron chi connectivity index (χ2n) is 5.94. The van der Waals surface area contributed by atoms with Gasteiger partial charge in [-0.05, 0) is 43.0 Å². The van der Waals surface area contributed by atoms with Gasteiger partial charge in [0, 0.05) is 6.54 Å². The summed E-state index contributed by atoms with van der Waals surface area (Å²) in [7, 11) is 0. The van der Waals surface area contributed by atoms with E-state index in [2.05, 4.69) is 5.32 Å². The summed E-state index contributed by atoms with van der Waals surface area (Å²) in [6, 6.07) is 3.48. The van der Waals surface area contributed by atoms with Gasteiger partial charge in [0.15, 0.2) is 0 Å². The molecular weight excluding hydrogens is 271 g/mol. The van der Waals surface area contributed by atoms with Crippen LogP contribution in [0.5, 0.6) is 0 Å². The number of hydrogen-bond acceptors (Lipinski definition) is 2. The standard InChI is InChI=1S/C16H21FN2O2/c1-9(2)14-16(21)19(11(4)15(20)18-14)8-12-5-6-13(17)7-10(12)3/h5-7,9,11,14H,8H2,1-4H3,(H,18,20). The van der Waals surface area contributed by atoms with Crippen LogP contribution in [0.3, 0.4) is 0 Å². The van der Waals surface area contributed by atoms with Crippen molar-refractivity contribution in [3.05, 3.63) is 35.1 Å². The smallest absolute Gasteiger partial charge is 0.246 e. The Morgan fingerprint density at radius 1 is 1.33 bits per heavy atom. The van der Waals surface area contributed by atoms with Gasteiger partial charge >= 0.3 is 0 Å². The van der Waals surface area contributed by atoms with Gasteiger partial charge in [-0.25, -0.2) is 4.39 Å². The maximum absolute atomic E-state index is 13.2. The summed E-state index contributed by atoms with van der Waals surface area (Å²) in [5, 5.41) is 2.76. The summed E-state index contributed by atoms with van der Waals surface area (Å²) < 4.78 is 13.2. The van der Waals surface area contributed by atoms with Crippen LogP contribution in [0.4, 0.5) is 4.39 Å². The molecule has 5 heteroatoms. The van der Waals surface area contributed by atoms with E-state index in [1.807, 2.05) is 13.8 Å². The molecule has 0 bridgehead atoms. The maximum atomic E-state index is 13.2. The third-order valence-electron chi connectivity index (χ3n) is 4.01. The van der Waals surface area contributed by atoms with Crippen LogP contribution < -0.4 is 5.32 Å². The highest BCUT2D eigenvalue weighted by atomic mass is 19.1. The molecule has 2 rings (SSSR count). The Bertz CT molecular complexity index is 571. The van der Waals surface area contributed by atoms with Crippen LogP contribution in [-0.2, 0) is 16.1 Å². The number of carbonyl (C=O) groups is 2. The number of halogens is 1. The highest BCUT2D eigenvalue weighted by molar-refractivity contribution is 5.96. The minimum absolute atomic E-state index is 0.0331. The van der Waals surface area contributed by atoms with Crippen molar-refractivity contribution in [2.75, 3.05) is 0 Å². The average Bonchev–Trinajstić information content (AvgIpc) is 2.40. The Hall–Kier alpha value is -1.91. The van der Waals surface area contributed by atoms with Crippen LogP contribution in [0, 0.1) is 18.7 Å². The Morgan fingerprint density at radius 3 is 2.57 bits per heavy atom. The molecule has 2 atom stereocenters. The van der Waals surface area contributed by atoms with E-state index in [0.29, 0.717) is 6.54 Å². The van der Waals surface area contributed by atoms with Crippen LogP contribution in [0.2, 0.25) is 0 Å². The second kappa shape index (κ2) is 5.84. The minimum atomic E-state index is -0.517. The van der Waals surface area contributed by atoms with Crippen molar-refractivity contribution in [1.29, 1.82) is 0 Å². The molecule has 1 aromatic carbocycles. The molecule has 0 aliphatic carbocycles. The van der Waals surface area contributed by atoms with Crippen molar-refractivity contribution in [2.45, 2.75) is 46.3 Å². The maximum Gasteiger partial charge on any atom is 0.246 e. The summed E-state index contributed by atoms with van der Waals surface area (Å²) in [4.78, 5) is 26.1. The van der Waals surface area contributed by atoms with Gasteiger partial charge in [-0.15, -0.1) is 0 Å². The molecule has 1 N–H and O–H groups in total. The quantitative estimate of drug-likeness (QED) is 0.926. The first-order chi connectivity index (χ1) is 9.81. The van der Waals surface area contributed by atoms with E-state index in [1.165, 1.54) is 12.1 Å². The lowest BCUT2D eigenvalue weighted by Gasteiger charge is -2.39. The SMILES string of the molecule is Cc1cc(F)ccc1CN1C(=O)C(C(C)C)NC(=O)C1C. The number of amides is 2. The van der Waals surface area contributed by atoms with Crippen molar-refractivity contribution in [3.8, 4) is 0 Å². The van der Waals surface area contributed by atoms with E-state index in [4.69, 9.17) is 0 Å². The zero-order chi connectivity index (χ0) is 15.7. The van der Waals surface area contributed by atoms with Crippen molar-refractivity contribution < 1.29 is 14.0 Å². The number of aryl methyl sites for hydroxylation is 1. The Labute approximate surface area is 124 Å². The van der Waals surface area contributed by atoms with Crippen LogP contribution in [0.1, 0.15) is 31.9 Å². The van der Waals surface area contributed by atoms with Crippen molar-refractivity contribution in [1.82, 2.24) is 10.2 Å². The minimum Gasteiger partial charge on any atom is -0.342 e. The molecule has 1 heterocycles. The molecule has 1 aliphatic rings. The Balaban J connectivity index is 2.27. The zero-order valence-corrected chi connectivity index (χ0v) is 12.8. The summed E-state index contributed by atoms with van der Waals surface area (Å²) >= 11 is 0. The molecule has 0 saturated carbocycles. The summed E-state index contributed by atoms with van der Waals surface area (Å²) in [5.74, 6) is -0.494. The highest BCUT2D eigenvalue weighted by Gasteiger charge is 2.39. The number of nitrogens with one attached hydrogen (secondary N) is 1. The third-order valence-corrected chi connectivity index (χ3v) is 4.01. The third kappa shape index (κ3) is 3.06. The first-order valence-electron chi connectivity index (χ1n) is 7.17. The summed E-state index contributed by atoms with van der Waals surface area (Å²) in [6.45, 7) is 7.64. The zero-order valence-electron chi connectivity index (χ0n) is 12.8. The topological polar surface area (TPSA) is 49.4 Å². The Kier molecular flexibility index (Phi) is 4.30. The molecule has 2 amide bonds. The van der Waals surface area contributed by atoms with Crippen LogP contribution in [0.15, 0.2) is 18.2 Å². The lowest BCUT2D eigenvalue weighted by molar-refractivity contribution is -0.150.